The number of hydrogen-bond donors (Lipinski definition) is 1. The van der Waals surface area contributed by atoms with Gasteiger partial charge in [-0.3, -0.25) is 9.59 Å². The molecule has 0 bridgehead atoms. The summed E-state index contributed by atoms with van der Waals surface area (Å²) in [6, 6.07) is 10.7. The van der Waals surface area contributed by atoms with Crippen molar-refractivity contribution in [2.75, 3.05) is 5.32 Å². The van der Waals surface area contributed by atoms with Gasteiger partial charge in [-0.2, -0.15) is 0 Å². The number of halogens is 1. The summed E-state index contributed by atoms with van der Waals surface area (Å²) < 4.78 is 13.0. The predicted octanol–water partition coefficient (Wildman–Crippen LogP) is 3.26. The fourth-order valence-electron chi connectivity index (χ4n) is 1.78. The molecule has 0 aliphatic carbocycles. The molecule has 3 nitrogen and oxygen atoms in total. The van der Waals surface area contributed by atoms with Gasteiger partial charge in [-0.1, -0.05) is 29.8 Å². The molecule has 4 heteroatoms. The van der Waals surface area contributed by atoms with E-state index in [1.807, 2.05) is 6.92 Å². The minimum absolute atomic E-state index is 0.327. The van der Waals surface area contributed by atoms with E-state index in [0.29, 0.717) is 16.8 Å². The Morgan fingerprint density at radius 2 is 1.65 bits per heavy atom. The molecule has 0 saturated heterocycles. The third-order valence-corrected chi connectivity index (χ3v) is 2.96. The van der Waals surface area contributed by atoms with Gasteiger partial charge in [0.2, 0.25) is 0 Å². The zero-order chi connectivity index (χ0) is 14.7. The van der Waals surface area contributed by atoms with E-state index in [4.69, 9.17) is 0 Å². The van der Waals surface area contributed by atoms with Crippen molar-refractivity contribution in [1.29, 1.82) is 0 Å². The maximum atomic E-state index is 13.0. The number of amides is 1. The molecule has 0 saturated carbocycles. The highest BCUT2D eigenvalue weighted by molar-refractivity contribution is 6.46. The first-order chi connectivity index (χ1) is 9.47. The molecule has 2 rings (SSSR count). The van der Waals surface area contributed by atoms with Crippen molar-refractivity contribution in [1.82, 2.24) is 0 Å². The number of hydrogen-bond acceptors (Lipinski definition) is 2. The van der Waals surface area contributed by atoms with Crippen LogP contribution in [0.15, 0.2) is 42.5 Å². The summed E-state index contributed by atoms with van der Waals surface area (Å²) in [4.78, 5) is 23.8. The van der Waals surface area contributed by atoms with Crippen LogP contribution in [0.3, 0.4) is 0 Å². The number of ketones is 1. The van der Waals surface area contributed by atoms with Crippen molar-refractivity contribution in [2.24, 2.45) is 0 Å². The van der Waals surface area contributed by atoms with Crippen molar-refractivity contribution in [2.45, 2.75) is 13.8 Å². The van der Waals surface area contributed by atoms with Gasteiger partial charge >= 0.3 is 0 Å². The molecule has 2 aromatic rings. The van der Waals surface area contributed by atoms with Crippen molar-refractivity contribution in [3.8, 4) is 0 Å². The first-order valence-electron chi connectivity index (χ1n) is 6.16. The number of rotatable bonds is 3. The molecule has 0 radical (unpaired) electrons. The Hall–Kier alpha value is -2.49. The van der Waals surface area contributed by atoms with Gasteiger partial charge in [0.15, 0.2) is 0 Å². The van der Waals surface area contributed by atoms with E-state index < -0.39 is 11.7 Å². The molecule has 0 fully saturated rings. The van der Waals surface area contributed by atoms with Crippen molar-refractivity contribution in [3.05, 3.63) is 65.0 Å². The van der Waals surface area contributed by atoms with E-state index >= 15 is 0 Å². The lowest BCUT2D eigenvalue weighted by atomic mass is 10.1. The fourth-order valence-corrected chi connectivity index (χ4v) is 1.78. The van der Waals surface area contributed by atoms with Gasteiger partial charge in [0.1, 0.15) is 5.82 Å². The predicted molar refractivity (Wildman–Crippen MR) is 75.3 cm³/mol. The number of Topliss-reactive ketones (excluding diaryl/α,β-unsaturated/α-hetero) is 1. The van der Waals surface area contributed by atoms with Gasteiger partial charge in [0.05, 0.1) is 0 Å². The molecule has 0 aromatic heterocycles. The van der Waals surface area contributed by atoms with Crippen LogP contribution in [0.1, 0.15) is 21.5 Å². The van der Waals surface area contributed by atoms with E-state index in [1.54, 1.807) is 31.2 Å². The zero-order valence-electron chi connectivity index (χ0n) is 11.2. The minimum Gasteiger partial charge on any atom is -0.319 e. The topological polar surface area (TPSA) is 46.2 Å². The number of carbonyl (C=O) groups excluding carboxylic acids is 2. The lowest BCUT2D eigenvalue weighted by Gasteiger charge is -2.07. The Bertz CT molecular complexity index is 663. The van der Waals surface area contributed by atoms with E-state index in [2.05, 4.69) is 5.32 Å². The highest BCUT2D eigenvalue weighted by Crippen LogP contribution is 2.16. The molecule has 20 heavy (non-hydrogen) atoms. The van der Waals surface area contributed by atoms with Gasteiger partial charge in [-0.05, 0) is 37.6 Å². The third kappa shape index (κ3) is 3.09. The van der Waals surface area contributed by atoms with Crippen LogP contribution in [-0.4, -0.2) is 11.7 Å². The molecule has 0 spiro atoms. The molecule has 102 valence electrons. The number of anilines is 1. The molecular weight excluding hydrogens is 257 g/mol. The summed E-state index contributed by atoms with van der Waals surface area (Å²) in [5.74, 6) is -1.73. The Labute approximate surface area is 116 Å². The highest BCUT2D eigenvalue weighted by Gasteiger charge is 2.16. The SMILES string of the molecule is Cc1ccc(C(=O)C(=O)Nc2ccc(F)cc2C)cc1. The van der Waals surface area contributed by atoms with Crippen molar-refractivity contribution < 1.29 is 14.0 Å². The van der Waals surface area contributed by atoms with Crippen LogP contribution in [0, 0.1) is 19.7 Å². The van der Waals surface area contributed by atoms with Crippen molar-refractivity contribution in [3.63, 3.8) is 0 Å². The van der Waals surface area contributed by atoms with Crippen LogP contribution >= 0.6 is 0 Å². The zero-order valence-corrected chi connectivity index (χ0v) is 11.2. The standard InChI is InChI=1S/C16H14FNO2/c1-10-3-5-12(6-4-10)15(19)16(20)18-14-8-7-13(17)9-11(14)2/h3-9H,1-2H3,(H,18,20). The average Bonchev–Trinajstić information content (AvgIpc) is 2.42. The van der Waals surface area contributed by atoms with Crippen LogP contribution in [0.5, 0.6) is 0 Å². The molecule has 0 unspecified atom stereocenters. The van der Waals surface area contributed by atoms with Gasteiger partial charge in [-0.15, -0.1) is 0 Å². The molecule has 0 heterocycles. The summed E-state index contributed by atoms with van der Waals surface area (Å²) in [5.41, 5.74) is 2.33. The summed E-state index contributed by atoms with van der Waals surface area (Å²) in [7, 11) is 0. The molecular formula is C16H14FNO2. The number of aryl methyl sites for hydroxylation is 2. The second kappa shape index (κ2) is 5.65. The molecule has 1 amide bonds. The van der Waals surface area contributed by atoms with Gasteiger partial charge < -0.3 is 5.32 Å². The van der Waals surface area contributed by atoms with Crippen molar-refractivity contribution >= 4 is 17.4 Å². The molecule has 1 N–H and O–H groups in total. The summed E-state index contributed by atoms with van der Waals surface area (Å²) in [6.45, 7) is 3.56. The van der Waals surface area contributed by atoms with Crippen LogP contribution < -0.4 is 5.32 Å². The number of nitrogens with one attached hydrogen (secondary N) is 1. The minimum atomic E-state index is -0.733. The normalized spacial score (nSPS) is 10.2. The number of benzene rings is 2. The van der Waals surface area contributed by atoms with E-state index in [1.165, 1.54) is 18.2 Å². The van der Waals surface area contributed by atoms with Gasteiger partial charge in [-0.25, -0.2) is 4.39 Å². The molecule has 0 aliphatic rings. The van der Waals surface area contributed by atoms with Crippen LogP contribution in [0.2, 0.25) is 0 Å². The van der Waals surface area contributed by atoms with Crippen LogP contribution in [0.4, 0.5) is 10.1 Å². The Kier molecular flexibility index (Phi) is 3.94. The Balaban J connectivity index is 2.15. The quantitative estimate of drug-likeness (QED) is 0.688. The van der Waals surface area contributed by atoms with Crippen LogP contribution in [-0.2, 0) is 4.79 Å². The van der Waals surface area contributed by atoms with E-state index in [-0.39, 0.29) is 5.82 Å². The Morgan fingerprint density at radius 1 is 1.00 bits per heavy atom. The highest BCUT2D eigenvalue weighted by atomic mass is 19.1. The van der Waals surface area contributed by atoms with Gasteiger partial charge in [0, 0.05) is 11.3 Å². The molecule has 0 aliphatic heterocycles. The Morgan fingerprint density at radius 3 is 2.25 bits per heavy atom. The summed E-state index contributed by atoms with van der Waals surface area (Å²) in [5, 5.41) is 2.50. The summed E-state index contributed by atoms with van der Waals surface area (Å²) in [6.07, 6.45) is 0. The maximum absolute atomic E-state index is 13.0. The maximum Gasteiger partial charge on any atom is 0.296 e. The largest absolute Gasteiger partial charge is 0.319 e. The second-order valence-electron chi connectivity index (χ2n) is 4.61. The summed E-state index contributed by atoms with van der Waals surface area (Å²) >= 11 is 0. The monoisotopic (exact) mass is 271 g/mol. The first-order valence-corrected chi connectivity index (χ1v) is 6.16. The molecule has 0 atom stereocenters. The first kappa shape index (κ1) is 13.9. The van der Waals surface area contributed by atoms with Gasteiger partial charge in [0.25, 0.3) is 11.7 Å². The lowest BCUT2D eigenvalue weighted by Crippen LogP contribution is -2.23. The fraction of sp³-hybridized carbons (Fsp3) is 0.125. The third-order valence-electron chi connectivity index (χ3n) is 2.96. The van der Waals surface area contributed by atoms with E-state index in [0.717, 1.165) is 5.56 Å². The van der Waals surface area contributed by atoms with Crippen LogP contribution in [0.25, 0.3) is 0 Å². The lowest BCUT2D eigenvalue weighted by molar-refractivity contribution is -0.112. The second-order valence-corrected chi connectivity index (χ2v) is 4.61. The average molecular weight is 271 g/mol. The smallest absolute Gasteiger partial charge is 0.296 e. The molecule has 2 aromatic carbocycles. The van der Waals surface area contributed by atoms with E-state index in [9.17, 15) is 14.0 Å². The number of carbonyl (C=O) groups is 2.